The number of nitrogens with two attached hydrogens (primary N) is 1. The lowest BCUT2D eigenvalue weighted by Gasteiger charge is -2.26. The first kappa shape index (κ1) is 7.52. The van der Waals surface area contributed by atoms with Crippen LogP contribution in [0.1, 0.15) is 12.8 Å². The van der Waals surface area contributed by atoms with Crippen molar-refractivity contribution in [3.8, 4) is 6.07 Å². The molecule has 0 unspecified atom stereocenters. The van der Waals surface area contributed by atoms with E-state index in [1.54, 1.807) is 0 Å². The Bertz CT molecular complexity index is 141. The molecule has 0 spiro atoms. The molecule has 0 aromatic heterocycles. The number of hydrogen-bond donors (Lipinski definition) is 1. The van der Waals surface area contributed by atoms with Gasteiger partial charge in [0.15, 0.2) is 0 Å². The summed E-state index contributed by atoms with van der Waals surface area (Å²) in [7, 11) is 0. The van der Waals surface area contributed by atoms with E-state index < -0.39 is 0 Å². The van der Waals surface area contributed by atoms with Gasteiger partial charge >= 0.3 is 0 Å². The molecular weight excluding hydrogens is 128 g/mol. The molecule has 1 rings (SSSR count). The van der Waals surface area contributed by atoms with Gasteiger partial charge in [-0.3, -0.25) is 0 Å². The van der Waals surface area contributed by atoms with Gasteiger partial charge in [-0.1, -0.05) is 0 Å². The van der Waals surface area contributed by atoms with Crippen LogP contribution in [0.2, 0.25) is 0 Å². The Labute approximate surface area is 60.8 Å². The Balaban J connectivity index is 2.34. The summed E-state index contributed by atoms with van der Waals surface area (Å²) in [5.74, 6) is 0.263. The average Bonchev–Trinajstić information content (AvgIpc) is 1.94. The molecule has 10 heavy (non-hydrogen) atoms. The fourth-order valence-electron chi connectivity index (χ4n) is 1.14. The van der Waals surface area contributed by atoms with E-state index in [2.05, 4.69) is 6.07 Å². The maximum Gasteiger partial charge on any atom is 0.0626 e. The van der Waals surface area contributed by atoms with Crippen LogP contribution in [-0.4, -0.2) is 19.3 Å². The Morgan fingerprint density at radius 2 is 2.50 bits per heavy atom. The molecule has 1 aliphatic heterocycles. The molecule has 0 amide bonds. The van der Waals surface area contributed by atoms with Gasteiger partial charge in [0.25, 0.3) is 0 Å². The van der Waals surface area contributed by atoms with Gasteiger partial charge in [-0.2, -0.15) is 5.26 Å². The summed E-state index contributed by atoms with van der Waals surface area (Å²) in [4.78, 5) is 0. The summed E-state index contributed by atoms with van der Waals surface area (Å²) in [5.41, 5.74) is 5.73. The van der Waals surface area contributed by atoms with E-state index in [1.807, 2.05) is 0 Å². The molecule has 1 saturated heterocycles. The SMILES string of the molecule is N#CC[C@H]1COCC[C@@H]1N. The van der Waals surface area contributed by atoms with Crippen molar-refractivity contribution in [3.05, 3.63) is 0 Å². The zero-order valence-corrected chi connectivity index (χ0v) is 5.92. The van der Waals surface area contributed by atoms with E-state index in [9.17, 15) is 0 Å². The van der Waals surface area contributed by atoms with Gasteiger partial charge in [-0.25, -0.2) is 0 Å². The molecule has 1 aliphatic rings. The van der Waals surface area contributed by atoms with Crippen LogP contribution in [-0.2, 0) is 4.74 Å². The van der Waals surface area contributed by atoms with Crippen LogP contribution in [0.15, 0.2) is 0 Å². The van der Waals surface area contributed by atoms with Crippen molar-refractivity contribution in [1.29, 1.82) is 5.26 Å². The van der Waals surface area contributed by atoms with Gasteiger partial charge < -0.3 is 10.5 Å². The van der Waals surface area contributed by atoms with Crippen molar-refractivity contribution in [2.45, 2.75) is 18.9 Å². The highest BCUT2D eigenvalue weighted by molar-refractivity contribution is 4.84. The third kappa shape index (κ3) is 1.69. The quantitative estimate of drug-likeness (QED) is 0.568. The second-order valence-electron chi connectivity index (χ2n) is 2.65. The number of rotatable bonds is 1. The molecule has 0 aromatic carbocycles. The molecular formula is C7H12N2O. The average molecular weight is 140 g/mol. The second-order valence-corrected chi connectivity index (χ2v) is 2.65. The van der Waals surface area contributed by atoms with E-state index in [0.717, 1.165) is 13.0 Å². The molecule has 1 heterocycles. The summed E-state index contributed by atoms with van der Waals surface area (Å²) >= 11 is 0. The monoisotopic (exact) mass is 140 g/mol. The molecule has 3 heteroatoms. The van der Waals surface area contributed by atoms with E-state index >= 15 is 0 Å². The summed E-state index contributed by atoms with van der Waals surface area (Å²) in [5, 5.41) is 8.38. The summed E-state index contributed by atoms with van der Waals surface area (Å²) < 4.78 is 5.17. The van der Waals surface area contributed by atoms with Gasteiger partial charge in [0.05, 0.1) is 12.7 Å². The molecule has 2 atom stereocenters. The van der Waals surface area contributed by atoms with Gasteiger partial charge in [0, 0.05) is 25.0 Å². The zero-order chi connectivity index (χ0) is 7.40. The van der Waals surface area contributed by atoms with Crippen LogP contribution >= 0.6 is 0 Å². The minimum absolute atomic E-state index is 0.174. The van der Waals surface area contributed by atoms with Gasteiger partial charge in [0.1, 0.15) is 0 Å². The third-order valence-electron chi connectivity index (χ3n) is 1.89. The highest BCUT2D eigenvalue weighted by Crippen LogP contribution is 2.15. The predicted octanol–water partition coefficient (Wildman–Crippen LogP) is 0.264. The van der Waals surface area contributed by atoms with E-state index in [4.69, 9.17) is 15.7 Å². The van der Waals surface area contributed by atoms with Crippen molar-refractivity contribution in [3.63, 3.8) is 0 Å². The third-order valence-corrected chi connectivity index (χ3v) is 1.89. The molecule has 3 nitrogen and oxygen atoms in total. The van der Waals surface area contributed by atoms with Crippen LogP contribution in [0, 0.1) is 17.2 Å². The summed E-state index contributed by atoms with van der Waals surface area (Å²) in [6.45, 7) is 1.41. The Morgan fingerprint density at radius 3 is 3.10 bits per heavy atom. The number of hydrogen-bond acceptors (Lipinski definition) is 3. The lowest BCUT2D eigenvalue weighted by atomic mass is 9.94. The topological polar surface area (TPSA) is 59.0 Å². The van der Waals surface area contributed by atoms with Crippen molar-refractivity contribution < 1.29 is 4.74 Å². The number of nitriles is 1. The maximum absolute atomic E-state index is 8.38. The Hall–Kier alpha value is -0.590. The van der Waals surface area contributed by atoms with E-state index in [1.165, 1.54) is 0 Å². The highest BCUT2D eigenvalue weighted by Gasteiger charge is 2.21. The van der Waals surface area contributed by atoms with Crippen LogP contribution < -0.4 is 5.73 Å². The van der Waals surface area contributed by atoms with Gasteiger partial charge in [0.2, 0.25) is 0 Å². The maximum atomic E-state index is 8.38. The lowest BCUT2D eigenvalue weighted by molar-refractivity contribution is 0.0438. The first-order chi connectivity index (χ1) is 4.84. The van der Waals surface area contributed by atoms with E-state index in [0.29, 0.717) is 13.0 Å². The minimum Gasteiger partial charge on any atom is -0.381 e. The fraction of sp³-hybridized carbons (Fsp3) is 0.857. The van der Waals surface area contributed by atoms with Crippen LogP contribution in [0.4, 0.5) is 0 Å². The predicted molar refractivity (Wildman–Crippen MR) is 37.1 cm³/mol. The smallest absolute Gasteiger partial charge is 0.0626 e. The molecule has 1 fully saturated rings. The van der Waals surface area contributed by atoms with Crippen LogP contribution in [0.5, 0.6) is 0 Å². The molecule has 0 bridgehead atoms. The molecule has 0 aliphatic carbocycles. The molecule has 0 aromatic rings. The van der Waals surface area contributed by atoms with Crippen LogP contribution in [0.3, 0.4) is 0 Å². The Morgan fingerprint density at radius 1 is 1.70 bits per heavy atom. The fourth-order valence-corrected chi connectivity index (χ4v) is 1.14. The summed E-state index contributed by atoms with van der Waals surface area (Å²) in [6, 6.07) is 2.28. The van der Waals surface area contributed by atoms with Crippen molar-refractivity contribution in [2.75, 3.05) is 13.2 Å². The van der Waals surface area contributed by atoms with Crippen molar-refractivity contribution in [2.24, 2.45) is 11.7 Å². The standard InChI is InChI=1S/C7H12N2O/c8-3-1-6-5-10-4-2-7(6)9/h6-7H,1-2,4-5,9H2/t6-,7-/m0/s1. The first-order valence-electron chi connectivity index (χ1n) is 3.55. The van der Waals surface area contributed by atoms with Crippen molar-refractivity contribution in [1.82, 2.24) is 0 Å². The largest absolute Gasteiger partial charge is 0.381 e. The van der Waals surface area contributed by atoms with Crippen molar-refractivity contribution >= 4 is 0 Å². The minimum atomic E-state index is 0.174. The highest BCUT2D eigenvalue weighted by atomic mass is 16.5. The zero-order valence-electron chi connectivity index (χ0n) is 5.92. The van der Waals surface area contributed by atoms with Gasteiger partial charge in [-0.05, 0) is 6.42 Å². The number of ether oxygens (including phenoxy) is 1. The first-order valence-corrected chi connectivity index (χ1v) is 3.55. The van der Waals surface area contributed by atoms with E-state index in [-0.39, 0.29) is 12.0 Å². The lowest BCUT2D eigenvalue weighted by Crippen LogP contribution is -2.38. The Kier molecular flexibility index (Phi) is 2.67. The van der Waals surface area contributed by atoms with Crippen LogP contribution in [0.25, 0.3) is 0 Å². The normalized spacial score (nSPS) is 33.2. The number of nitrogens with zero attached hydrogens (tertiary/aromatic N) is 1. The molecule has 0 radical (unpaired) electrons. The molecule has 2 N–H and O–H groups in total. The summed E-state index contributed by atoms with van der Waals surface area (Å²) in [6.07, 6.45) is 1.42. The molecule has 56 valence electrons. The second kappa shape index (κ2) is 3.55. The van der Waals surface area contributed by atoms with Gasteiger partial charge in [-0.15, -0.1) is 0 Å². The molecule has 0 saturated carbocycles.